The number of rotatable bonds is 12. The number of fused-ring (bicyclic) bond motifs is 1. The molecule has 0 aliphatic carbocycles. The van der Waals surface area contributed by atoms with E-state index in [2.05, 4.69) is 47.6 Å². The zero-order chi connectivity index (χ0) is 51.4. The van der Waals surface area contributed by atoms with Crippen LogP contribution in [0.15, 0.2) is 97.5 Å². The number of benzene rings is 2. The number of nitrogens with zero attached hydrogens (tertiary/aromatic N) is 4. The lowest BCUT2D eigenvalue weighted by Gasteiger charge is -2.34. The summed E-state index contributed by atoms with van der Waals surface area (Å²) in [6, 6.07) is 22.9. The number of aliphatic hydroxyl groups is 2. The van der Waals surface area contributed by atoms with E-state index in [0.29, 0.717) is 47.9 Å². The largest absolute Gasteiger partial charge is 0.748 e. The molecule has 2 N–H and O–H groups in total. The Morgan fingerprint density at radius 2 is 0.971 bits per heavy atom. The highest BCUT2D eigenvalue weighted by molar-refractivity contribution is 7.86. The third-order valence-corrected chi connectivity index (χ3v) is 10.1. The van der Waals surface area contributed by atoms with E-state index >= 15 is 0 Å². The molecular weight excluding hydrogens is 992 g/mol. The van der Waals surface area contributed by atoms with E-state index in [1.165, 1.54) is 17.2 Å². The van der Waals surface area contributed by atoms with Gasteiger partial charge in [-0.3, -0.25) is 23.3 Å². The molecule has 4 heterocycles. The minimum Gasteiger partial charge on any atom is -0.748 e. The number of hydrogen-bond acceptors (Lipinski definition) is 14. The van der Waals surface area contributed by atoms with Gasteiger partial charge in [0.15, 0.2) is 0 Å². The number of aromatic nitrogens is 3. The Labute approximate surface area is 385 Å². The van der Waals surface area contributed by atoms with Crippen molar-refractivity contribution in [3.05, 3.63) is 159 Å². The summed E-state index contributed by atoms with van der Waals surface area (Å²) in [6.07, 6.45) is -9.37. The van der Waals surface area contributed by atoms with Crippen LogP contribution in [0, 0.1) is 0 Å². The number of quaternary nitrogens is 1. The van der Waals surface area contributed by atoms with Crippen molar-refractivity contribution in [2.24, 2.45) is 0 Å². The second-order valence-electron chi connectivity index (χ2n) is 14.9. The minimum absolute atomic E-state index is 0.0117. The van der Waals surface area contributed by atoms with Crippen LogP contribution in [0.3, 0.4) is 0 Å². The van der Waals surface area contributed by atoms with Gasteiger partial charge in [0.1, 0.15) is 38.5 Å². The fourth-order valence-corrected chi connectivity index (χ4v) is 6.85. The highest BCUT2D eigenvalue weighted by atomic mass is 32.2. The molecule has 27 heteroatoms. The Kier molecular flexibility index (Phi) is 19.7. The molecule has 0 spiro atoms. The van der Waals surface area contributed by atoms with Gasteiger partial charge in [-0.1, -0.05) is 60.7 Å². The topological polar surface area (TPSA) is 223 Å². The maximum absolute atomic E-state index is 13.1. The molecule has 1 aliphatic heterocycles. The summed E-state index contributed by atoms with van der Waals surface area (Å²) in [6.45, 7) is 0.271. The number of aliphatic hydroxyl groups excluding tert-OH is 2. The maximum atomic E-state index is 13.1. The molecule has 3 aromatic heterocycles. The first-order chi connectivity index (χ1) is 31.2. The van der Waals surface area contributed by atoms with Crippen molar-refractivity contribution >= 4 is 30.4 Å². The van der Waals surface area contributed by atoms with Crippen LogP contribution in [0.5, 0.6) is 0 Å². The molecule has 68 heavy (non-hydrogen) atoms. The summed E-state index contributed by atoms with van der Waals surface area (Å²) in [4.78, 5) is 11.0. The van der Waals surface area contributed by atoms with Gasteiger partial charge in [0.2, 0.25) is 0 Å². The molecular formula is C41H43F9N4O11S3. The van der Waals surface area contributed by atoms with Gasteiger partial charge in [-0.25, -0.2) is 8.42 Å². The normalized spacial score (nSPS) is 13.8. The lowest BCUT2D eigenvalue weighted by Crippen LogP contribution is -2.41. The van der Waals surface area contributed by atoms with Gasteiger partial charge in [-0.05, 0) is 18.2 Å². The number of hydrogen-bond donors (Lipinski definition) is 2. The van der Waals surface area contributed by atoms with Gasteiger partial charge in [-0.15, -0.1) is 0 Å². The second kappa shape index (κ2) is 23.5. The summed E-state index contributed by atoms with van der Waals surface area (Å²) >= 11 is 0. The van der Waals surface area contributed by atoms with Gasteiger partial charge in [0.25, 0.3) is 20.2 Å². The zero-order valence-corrected chi connectivity index (χ0v) is 38.3. The summed E-state index contributed by atoms with van der Waals surface area (Å²) in [5.41, 5.74) is 0.733. The molecule has 0 saturated carbocycles. The van der Waals surface area contributed by atoms with Gasteiger partial charge in [0.05, 0.1) is 70.5 Å². The van der Waals surface area contributed by atoms with Crippen molar-refractivity contribution in [3.63, 3.8) is 0 Å². The monoisotopic (exact) mass is 1030 g/mol. The van der Waals surface area contributed by atoms with E-state index < -0.39 is 92.0 Å². The van der Waals surface area contributed by atoms with Crippen molar-refractivity contribution in [2.45, 2.75) is 71.1 Å². The molecule has 0 bridgehead atoms. The van der Waals surface area contributed by atoms with Gasteiger partial charge < -0.3 is 19.2 Å². The second-order valence-corrected chi connectivity index (χ2v) is 19.6. The fourth-order valence-electron chi connectivity index (χ4n) is 6.18. The first-order valence-corrected chi connectivity index (χ1v) is 24.5. The van der Waals surface area contributed by atoms with E-state index in [-0.39, 0.29) is 22.5 Å². The number of pyridine rings is 3. The standard InChI is InChI=1S/C22H20F3N2.C10H12F3NO6S2.C8H8F3NO2.CH4O3S/c23-22(24,25)20-11-19-15-27(16-21(19)26-12-20,13-17-7-3-1-4-8-17)14-18-9-5-2-6-10-18;1-21(15,16)19-5-7-3-8(10(11,12)13)4-14-9(7)6-20-22(2,17)18;9-8(10,11)6-1-5(3-13)7(4-14)12-2-6;1-5(2,3)4/h1-12H,13-16H2;3-4H,5-6H2,1-2H3;1-2,13-14H,3-4H2;1H3,(H,2,3,4)/q+1;;;/p-1. The molecule has 374 valence electrons. The lowest BCUT2D eigenvalue weighted by atomic mass is 10.1. The predicted molar refractivity (Wildman–Crippen MR) is 222 cm³/mol. The van der Waals surface area contributed by atoms with Crippen LogP contribution in [-0.4, -0.2) is 78.2 Å². The van der Waals surface area contributed by atoms with Crippen LogP contribution in [0.4, 0.5) is 39.5 Å². The lowest BCUT2D eigenvalue weighted by molar-refractivity contribution is -0.972. The quantitative estimate of drug-likeness (QED) is 0.0580. The third-order valence-electron chi connectivity index (χ3n) is 9.03. The van der Waals surface area contributed by atoms with Crippen molar-refractivity contribution < 1.29 is 92.4 Å². The Bertz CT molecular complexity index is 2740. The molecule has 0 saturated heterocycles. The minimum atomic E-state index is -4.69. The van der Waals surface area contributed by atoms with Crippen molar-refractivity contribution in [2.75, 3.05) is 18.8 Å². The molecule has 1 aliphatic rings. The van der Waals surface area contributed by atoms with Crippen molar-refractivity contribution in [1.82, 2.24) is 15.0 Å². The number of halogens is 9. The van der Waals surface area contributed by atoms with Crippen LogP contribution < -0.4 is 0 Å². The average molecular weight is 1030 g/mol. The fraction of sp³-hybridized carbons (Fsp3) is 0.341. The van der Waals surface area contributed by atoms with Crippen molar-refractivity contribution in [3.8, 4) is 0 Å². The smallest absolute Gasteiger partial charge is 0.417 e. The number of alkyl halides is 9. The molecule has 15 nitrogen and oxygen atoms in total. The van der Waals surface area contributed by atoms with E-state index in [1.807, 2.05) is 36.4 Å². The van der Waals surface area contributed by atoms with Gasteiger partial charge in [0, 0.05) is 52.7 Å². The van der Waals surface area contributed by atoms with E-state index in [4.69, 9.17) is 23.2 Å². The molecule has 6 rings (SSSR count). The van der Waals surface area contributed by atoms with E-state index in [1.54, 1.807) is 0 Å². The average Bonchev–Trinajstić information content (AvgIpc) is 3.57. The zero-order valence-electron chi connectivity index (χ0n) is 35.9. The summed E-state index contributed by atoms with van der Waals surface area (Å²) in [5, 5.41) is 17.4. The predicted octanol–water partition coefficient (Wildman–Crippen LogP) is 6.63. The summed E-state index contributed by atoms with van der Waals surface area (Å²) < 4.78 is 194. The molecule has 0 atom stereocenters. The first kappa shape index (κ1) is 57.2. The highest BCUT2D eigenvalue weighted by Gasteiger charge is 2.40. The van der Waals surface area contributed by atoms with Crippen LogP contribution in [-0.2, 0) is 110 Å². The first-order valence-electron chi connectivity index (χ1n) is 19.1. The van der Waals surface area contributed by atoms with Crippen molar-refractivity contribution in [1.29, 1.82) is 0 Å². The Hall–Kier alpha value is -5.13. The van der Waals surface area contributed by atoms with E-state index in [0.717, 1.165) is 43.6 Å². The van der Waals surface area contributed by atoms with Crippen LogP contribution in [0.25, 0.3) is 0 Å². The molecule has 0 unspecified atom stereocenters. The maximum Gasteiger partial charge on any atom is 0.417 e. The Balaban J connectivity index is 0.000000268. The van der Waals surface area contributed by atoms with Gasteiger partial charge in [-0.2, -0.15) is 56.3 Å². The summed E-state index contributed by atoms with van der Waals surface area (Å²) in [7, 11) is -11.7. The molecule has 0 radical (unpaired) electrons. The molecule has 0 fully saturated rings. The highest BCUT2D eigenvalue weighted by Crippen LogP contribution is 2.37. The van der Waals surface area contributed by atoms with Crippen LogP contribution >= 0.6 is 0 Å². The summed E-state index contributed by atoms with van der Waals surface area (Å²) in [5.74, 6) is 0. The van der Waals surface area contributed by atoms with Crippen LogP contribution in [0.1, 0.15) is 61.6 Å². The van der Waals surface area contributed by atoms with Gasteiger partial charge >= 0.3 is 18.5 Å². The van der Waals surface area contributed by atoms with E-state index in [9.17, 15) is 56.3 Å². The SMILES string of the molecule is CS(=O)(=O)OCc1cc(C(F)(F)F)cnc1COS(C)(=O)=O.CS(=O)(=O)[O-].FC(F)(F)c1cnc2c(c1)C[N+](Cc1ccccc1)(Cc1ccccc1)C2.OCc1cc(C(F)(F)F)cnc1CO. The molecule has 5 aromatic rings. The molecule has 2 aromatic carbocycles. The van der Waals surface area contributed by atoms with Crippen LogP contribution in [0.2, 0.25) is 0 Å². The Morgan fingerprint density at radius 1 is 0.574 bits per heavy atom. The molecule has 0 amide bonds. The third kappa shape index (κ3) is 20.2. The Morgan fingerprint density at radius 3 is 1.38 bits per heavy atom.